The number of rotatable bonds is 4. The van der Waals surface area contributed by atoms with Gasteiger partial charge in [0.25, 0.3) is 0 Å². The highest BCUT2D eigenvalue weighted by molar-refractivity contribution is 5.96. The van der Waals surface area contributed by atoms with Crippen molar-refractivity contribution in [3.8, 4) is 11.3 Å². The van der Waals surface area contributed by atoms with E-state index in [9.17, 15) is 19.2 Å². The highest BCUT2D eigenvalue weighted by atomic mass is 16.6. The average molecular weight is 559 g/mol. The van der Waals surface area contributed by atoms with E-state index in [2.05, 4.69) is 0 Å². The molecule has 0 bridgehead atoms. The summed E-state index contributed by atoms with van der Waals surface area (Å²) in [5.74, 6) is -2.95. The molecule has 3 aromatic rings. The van der Waals surface area contributed by atoms with Crippen molar-refractivity contribution >= 4 is 34.5 Å². The van der Waals surface area contributed by atoms with Crippen LogP contribution in [0.1, 0.15) is 58.1 Å². The van der Waals surface area contributed by atoms with Crippen molar-refractivity contribution in [2.75, 3.05) is 7.11 Å². The third kappa shape index (κ3) is 4.18. The summed E-state index contributed by atoms with van der Waals surface area (Å²) in [5, 5.41) is 2.07. The van der Waals surface area contributed by atoms with Gasteiger partial charge in [-0.05, 0) is 46.9 Å². The van der Waals surface area contributed by atoms with Crippen LogP contribution in [0.5, 0.6) is 0 Å². The van der Waals surface area contributed by atoms with Gasteiger partial charge in [0.15, 0.2) is 11.9 Å². The Bertz CT molecular complexity index is 1550. The Morgan fingerprint density at radius 2 is 1.76 bits per heavy atom. The molecule has 0 radical (unpaired) electrons. The fourth-order valence-electron chi connectivity index (χ4n) is 8.21. The molecule has 7 atom stereocenters. The van der Waals surface area contributed by atoms with Crippen molar-refractivity contribution in [3.05, 3.63) is 60.4 Å². The molecule has 0 spiro atoms. The van der Waals surface area contributed by atoms with Crippen LogP contribution in [0.25, 0.3) is 22.1 Å². The summed E-state index contributed by atoms with van der Waals surface area (Å²) in [5.41, 5.74) is -0.0220. The number of carbonyl (C=O) groups is 4. The number of ether oxygens (including phenoxy) is 3. The zero-order valence-electron chi connectivity index (χ0n) is 23.7. The molecule has 2 heterocycles. The Morgan fingerprint density at radius 1 is 1.00 bits per heavy atom. The first-order valence-electron chi connectivity index (χ1n) is 14.1. The van der Waals surface area contributed by atoms with Gasteiger partial charge in [0, 0.05) is 30.4 Å². The normalized spacial score (nSPS) is 32.9. The lowest BCUT2D eigenvalue weighted by atomic mass is 9.43. The molecule has 0 N–H and O–H groups in total. The number of hydrogen-bond donors (Lipinski definition) is 0. The van der Waals surface area contributed by atoms with Crippen molar-refractivity contribution in [1.82, 2.24) is 0 Å². The second kappa shape index (κ2) is 9.86. The second-order valence-corrected chi connectivity index (χ2v) is 12.2. The first-order valence-corrected chi connectivity index (χ1v) is 14.1. The smallest absolute Gasteiger partial charge is 0.310 e. The van der Waals surface area contributed by atoms with Gasteiger partial charge in [-0.15, -0.1) is 0 Å². The van der Waals surface area contributed by atoms with Crippen LogP contribution in [0.15, 0.2) is 59.2 Å². The number of ketones is 1. The van der Waals surface area contributed by atoms with Crippen molar-refractivity contribution in [3.63, 3.8) is 0 Å². The molecule has 2 aromatic carbocycles. The minimum atomic E-state index is -1.08. The van der Waals surface area contributed by atoms with Gasteiger partial charge in [0.1, 0.15) is 11.9 Å². The molecule has 0 amide bonds. The van der Waals surface area contributed by atoms with E-state index in [4.69, 9.17) is 18.6 Å². The molecule has 1 aliphatic heterocycles. The molecule has 8 nitrogen and oxygen atoms in total. The molecule has 41 heavy (non-hydrogen) atoms. The minimum absolute atomic E-state index is 0.0691. The van der Waals surface area contributed by atoms with Gasteiger partial charge in [0.05, 0.1) is 25.2 Å². The van der Waals surface area contributed by atoms with E-state index < -0.39 is 52.7 Å². The molecule has 1 saturated heterocycles. The lowest BCUT2D eigenvalue weighted by Crippen LogP contribution is -2.64. The van der Waals surface area contributed by atoms with Crippen molar-refractivity contribution < 1.29 is 37.8 Å². The summed E-state index contributed by atoms with van der Waals surface area (Å²) in [6, 6.07) is 15.8. The average Bonchev–Trinajstić information content (AvgIpc) is 3.43. The van der Waals surface area contributed by atoms with Crippen LogP contribution < -0.4 is 0 Å². The van der Waals surface area contributed by atoms with Crippen LogP contribution in [0.2, 0.25) is 0 Å². The number of methoxy groups -OCH3 is 1. The molecule has 3 aliphatic rings. The Morgan fingerprint density at radius 3 is 2.51 bits per heavy atom. The van der Waals surface area contributed by atoms with Gasteiger partial charge in [-0.25, -0.2) is 0 Å². The lowest BCUT2D eigenvalue weighted by molar-refractivity contribution is -0.210. The number of esters is 3. The van der Waals surface area contributed by atoms with E-state index in [0.717, 1.165) is 21.9 Å². The Labute approximate surface area is 238 Å². The van der Waals surface area contributed by atoms with Crippen LogP contribution >= 0.6 is 0 Å². The molecular formula is C33H34O8. The zero-order valence-corrected chi connectivity index (χ0v) is 23.7. The van der Waals surface area contributed by atoms with Crippen molar-refractivity contribution in [2.24, 2.45) is 28.6 Å². The number of cyclic esters (lactones) is 1. The summed E-state index contributed by atoms with van der Waals surface area (Å²) >= 11 is 0. The monoisotopic (exact) mass is 558 g/mol. The van der Waals surface area contributed by atoms with Gasteiger partial charge in [-0.3, -0.25) is 19.2 Å². The summed E-state index contributed by atoms with van der Waals surface area (Å²) in [6.45, 7) is 5.14. The van der Waals surface area contributed by atoms with Crippen LogP contribution in [0, 0.1) is 28.6 Å². The molecule has 6 rings (SSSR count). The Hall–Kier alpha value is -3.94. The molecule has 3 fully saturated rings. The molecule has 8 heteroatoms. The topological polar surface area (TPSA) is 109 Å². The molecule has 214 valence electrons. The molecule has 2 saturated carbocycles. The highest BCUT2D eigenvalue weighted by Gasteiger charge is 2.68. The molecule has 1 aromatic heterocycles. The van der Waals surface area contributed by atoms with Crippen LogP contribution in [-0.4, -0.2) is 36.9 Å². The van der Waals surface area contributed by atoms with Gasteiger partial charge >= 0.3 is 17.9 Å². The largest absolute Gasteiger partial charge is 0.469 e. The van der Waals surface area contributed by atoms with Crippen molar-refractivity contribution in [1.29, 1.82) is 0 Å². The minimum Gasteiger partial charge on any atom is -0.469 e. The molecular weight excluding hydrogens is 524 g/mol. The fraction of sp³-hybridized carbons (Fsp3) is 0.455. The lowest BCUT2D eigenvalue weighted by Gasteiger charge is -2.61. The number of Topliss-reactive ketones (excluding diaryl/α,β-unsaturated/α-hetero) is 1. The third-order valence-corrected chi connectivity index (χ3v) is 9.97. The number of fused-ring (bicyclic) bond motifs is 4. The summed E-state index contributed by atoms with van der Waals surface area (Å²) in [4.78, 5) is 52.9. The maximum atomic E-state index is 14.2. The summed E-state index contributed by atoms with van der Waals surface area (Å²) in [7, 11) is 1.33. The maximum absolute atomic E-state index is 14.2. The SMILES string of the molecule is COC(=O)[C@@H]1C[C@H](OC(C)=O)C(=O)[C@H]2[C@@]1(C)CC[C@H]1C(=O)O[C@H](c3ccoc3-c3cccc4ccccc34)C[C@]21C. The zero-order chi connectivity index (χ0) is 29.1. The highest BCUT2D eigenvalue weighted by Crippen LogP contribution is 2.65. The van der Waals surface area contributed by atoms with Gasteiger partial charge in [-0.1, -0.05) is 56.3 Å². The van der Waals surface area contributed by atoms with Gasteiger partial charge < -0.3 is 18.6 Å². The number of carbonyl (C=O) groups excluding carboxylic acids is 4. The first-order chi connectivity index (χ1) is 19.6. The van der Waals surface area contributed by atoms with E-state index in [1.54, 1.807) is 6.26 Å². The predicted octanol–water partition coefficient (Wildman–Crippen LogP) is 5.82. The van der Waals surface area contributed by atoms with E-state index in [1.807, 2.05) is 62.4 Å². The van der Waals surface area contributed by atoms with E-state index >= 15 is 0 Å². The van der Waals surface area contributed by atoms with E-state index in [1.165, 1.54) is 14.0 Å². The van der Waals surface area contributed by atoms with E-state index in [-0.39, 0.29) is 18.2 Å². The fourth-order valence-corrected chi connectivity index (χ4v) is 8.21. The van der Waals surface area contributed by atoms with Crippen molar-refractivity contribution in [2.45, 2.75) is 58.7 Å². The molecule has 2 aliphatic carbocycles. The Balaban J connectivity index is 1.43. The summed E-state index contributed by atoms with van der Waals surface area (Å²) in [6.07, 6.45) is 1.22. The second-order valence-electron chi connectivity index (χ2n) is 12.2. The standard InChI is InChI=1S/C33H34O8/c1-18(34)40-25-16-24(30(36)38-4)32(2)14-12-23-31(37)41-26(17-33(23,3)29(32)27(25)35)22-13-15-39-28(22)21-11-7-9-19-8-5-6-10-20(19)21/h5-11,13,15,23-26,29H,12,14,16-17H2,1-4H3/t23-,24-,25-,26-,29-,32-,33-/m0/s1. The van der Waals surface area contributed by atoms with Crippen LogP contribution in [0.3, 0.4) is 0 Å². The summed E-state index contributed by atoms with van der Waals surface area (Å²) < 4.78 is 22.7. The number of benzene rings is 2. The predicted molar refractivity (Wildman–Crippen MR) is 148 cm³/mol. The Kier molecular flexibility index (Phi) is 6.55. The third-order valence-electron chi connectivity index (χ3n) is 9.97. The van der Waals surface area contributed by atoms with Gasteiger partial charge in [-0.2, -0.15) is 0 Å². The van der Waals surface area contributed by atoms with E-state index in [0.29, 0.717) is 25.0 Å². The molecule has 0 unspecified atom stereocenters. The number of furan rings is 1. The van der Waals surface area contributed by atoms with Crippen LogP contribution in [-0.2, 0) is 33.4 Å². The maximum Gasteiger partial charge on any atom is 0.310 e. The van der Waals surface area contributed by atoms with Crippen LogP contribution in [0.4, 0.5) is 0 Å². The van der Waals surface area contributed by atoms with Gasteiger partial charge in [0.2, 0.25) is 0 Å². The number of hydrogen-bond acceptors (Lipinski definition) is 8. The first kappa shape index (κ1) is 27.2. The quantitative estimate of drug-likeness (QED) is 0.291.